The Morgan fingerprint density at radius 3 is 2.85 bits per heavy atom. The van der Waals surface area contributed by atoms with Gasteiger partial charge in [0.2, 0.25) is 6.08 Å². The largest absolute Gasteiger partial charge is 0.379 e. The summed E-state index contributed by atoms with van der Waals surface area (Å²) in [6.45, 7) is 6.58. The van der Waals surface area contributed by atoms with E-state index in [1.54, 1.807) is 6.08 Å². The van der Waals surface area contributed by atoms with Crippen LogP contribution in [-0.2, 0) is 9.53 Å². The number of carbonyl (C=O) groups excluding carboxylic acids is 1. The smallest absolute Gasteiger partial charge is 0.235 e. The second kappa shape index (κ2) is 5.86. The van der Waals surface area contributed by atoms with Crippen molar-refractivity contribution in [2.24, 2.45) is 4.99 Å². The van der Waals surface area contributed by atoms with E-state index < -0.39 is 0 Å². The third-order valence-corrected chi connectivity index (χ3v) is 2.24. The lowest BCUT2D eigenvalue weighted by atomic mass is 10.2. The van der Waals surface area contributed by atoms with Crippen molar-refractivity contribution in [3.63, 3.8) is 0 Å². The van der Waals surface area contributed by atoms with Crippen molar-refractivity contribution in [3.05, 3.63) is 0 Å². The van der Waals surface area contributed by atoms with Gasteiger partial charge in [0.05, 0.1) is 19.3 Å². The summed E-state index contributed by atoms with van der Waals surface area (Å²) in [6, 6.07) is 0.0975. The average molecular weight is 184 g/mol. The van der Waals surface area contributed by atoms with Crippen LogP contribution in [-0.4, -0.2) is 49.9 Å². The van der Waals surface area contributed by atoms with Gasteiger partial charge in [0, 0.05) is 19.6 Å². The van der Waals surface area contributed by atoms with Gasteiger partial charge in [-0.05, 0) is 13.3 Å². The van der Waals surface area contributed by atoms with E-state index in [0.717, 1.165) is 39.3 Å². The van der Waals surface area contributed by atoms with E-state index >= 15 is 0 Å². The lowest BCUT2D eigenvalue weighted by Gasteiger charge is -2.26. The molecule has 1 unspecified atom stereocenters. The Labute approximate surface area is 78.6 Å². The average Bonchev–Trinajstić information content (AvgIpc) is 2.17. The topological polar surface area (TPSA) is 41.9 Å². The zero-order valence-corrected chi connectivity index (χ0v) is 8.03. The molecule has 0 bridgehead atoms. The fourth-order valence-electron chi connectivity index (χ4n) is 1.35. The van der Waals surface area contributed by atoms with Gasteiger partial charge in [0.15, 0.2) is 0 Å². The van der Waals surface area contributed by atoms with Crippen LogP contribution in [0.1, 0.15) is 13.3 Å². The van der Waals surface area contributed by atoms with E-state index in [-0.39, 0.29) is 6.04 Å². The van der Waals surface area contributed by atoms with Crippen molar-refractivity contribution >= 4 is 6.08 Å². The maximum Gasteiger partial charge on any atom is 0.235 e. The molecule has 0 aromatic rings. The summed E-state index contributed by atoms with van der Waals surface area (Å²) in [6.07, 6.45) is 2.51. The lowest BCUT2D eigenvalue weighted by molar-refractivity contribution is 0.0368. The minimum absolute atomic E-state index is 0.0975. The second-order valence-electron chi connectivity index (χ2n) is 3.31. The maximum absolute atomic E-state index is 9.94. The first kappa shape index (κ1) is 10.4. The highest BCUT2D eigenvalue weighted by atomic mass is 16.5. The molecule has 0 aliphatic carbocycles. The van der Waals surface area contributed by atoms with Crippen LogP contribution in [0.5, 0.6) is 0 Å². The molecule has 1 heterocycles. The van der Waals surface area contributed by atoms with Gasteiger partial charge in [-0.3, -0.25) is 4.90 Å². The quantitative estimate of drug-likeness (QED) is 0.470. The van der Waals surface area contributed by atoms with Gasteiger partial charge < -0.3 is 4.74 Å². The summed E-state index contributed by atoms with van der Waals surface area (Å²) < 4.78 is 5.23. The fourth-order valence-corrected chi connectivity index (χ4v) is 1.35. The molecule has 0 aromatic carbocycles. The number of rotatable bonds is 4. The van der Waals surface area contributed by atoms with Gasteiger partial charge >= 0.3 is 0 Å². The van der Waals surface area contributed by atoms with Crippen LogP contribution in [0.4, 0.5) is 0 Å². The SMILES string of the molecule is CC(CCN1CCOCC1)N=C=O. The molecule has 1 fully saturated rings. The zero-order valence-electron chi connectivity index (χ0n) is 8.03. The Bertz CT molecular complexity index is 184. The van der Waals surface area contributed by atoms with Gasteiger partial charge in [-0.2, -0.15) is 0 Å². The van der Waals surface area contributed by atoms with Crippen LogP contribution >= 0.6 is 0 Å². The van der Waals surface area contributed by atoms with Crippen LogP contribution < -0.4 is 0 Å². The van der Waals surface area contributed by atoms with E-state index in [0.29, 0.717) is 0 Å². The number of morpholine rings is 1. The summed E-state index contributed by atoms with van der Waals surface area (Å²) in [7, 11) is 0. The summed E-state index contributed by atoms with van der Waals surface area (Å²) in [5.74, 6) is 0. The molecule has 1 saturated heterocycles. The molecule has 0 amide bonds. The standard InChI is InChI=1S/C9H16N2O2/c1-9(10-8-12)2-3-11-4-6-13-7-5-11/h9H,2-7H2,1H3. The van der Waals surface area contributed by atoms with Crippen LogP contribution in [0, 0.1) is 0 Å². The van der Waals surface area contributed by atoms with Crippen molar-refractivity contribution < 1.29 is 9.53 Å². The van der Waals surface area contributed by atoms with Crippen LogP contribution in [0.25, 0.3) is 0 Å². The predicted molar refractivity (Wildman–Crippen MR) is 49.5 cm³/mol. The maximum atomic E-state index is 9.94. The molecule has 1 atom stereocenters. The van der Waals surface area contributed by atoms with E-state index in [9.17, 15) is 4.79 Å². The molecule has 0 aromatic heterocycles. The summed E-state index contributed by atoms with van der Waals surface area (Å²) in [4.78, 5) is 15.9. The van der Waals surface area contributed by atoms with Crippen molar-refractivity contribution in [2.75, 3.05) is 32.8 Å². The Kier molecular flexibility index (Phi) is 4.68. The normalized spacial score (nSPS) is 20.7. The number of hydrogen-bond donors (Lipinski definition) is 0. The molecule has 0 saturated carbocycles. The van der Waals surface area contributed by atoms with Gasteiger partial charge in [-0.15, -0.1) is 0 Å². The van der Waals surface area contributed by atoms with E-state index in [2.05, 4.69) is 9.89 Å². The van der Waals surface area contributed by atoms with Crippen molar-refractivity contribution in [3.8, 4) is 0 Å². The number of isocyanates is 1. The Morgan fingerprint density at radius 2 is 2.23 bits per heavy atom. The lowest BCUT2D eigenvalue weighted by Crippen LogP contribution is -2.37. The molecule has 4 heteroatoms. The van der Waals surface area contributed by atoms with Gasteiger partial charge in [-0.1, -0.05) is 0 Å². The predicted octanol–water partition coefficient (Wildman–Crippen LogP) is 0.433. The molecule has 0 radical (unpaired) electrons. The monoisotopic (exact) mass is 184 g/mol. The second-order valence-corrected chi connectivity index (χ2v) is 3.31. The first-order chi connectivity index (χ1) is 6.33. The van der Waals surface area contributed by atoms with Crippen LogP contribution in [0.2, 0.25) is 0 Å². The Hall–Kier alpha value is -0.700. The van der Waals surface area contributed by atoms with Gasteiger partial charge in [0.25, 0.3) is 0 Å². The molecule has 4 nitrogen and oxygen atoms in total. The Balaban J connectivity index is 2.13. The first-order valence-corrected chi connectivity index (χ1v) is 4.70. The highest BCUT2D eigenvalue weighted by molar-refractivity contribution is 5.33. The molecule has 13 heavy (non-hydrogen) atoms. The Morgan fingerprint density at radius 1 is 1.54 bits per heavy atom. The molecular weight excluding hydrogens is 168 g/mol. The third-order valence-electron chi connectivity index (χ3n) is 2.24. The number of ether oxygens (including phenoxy) is 1. The molecule has 0 spiro atoms. The molecular formula is C9H16N2O2. The zero-order chi connectivity index (χ0) is 9.52. The van der Waals surface area contributed by atoms with Crippen molar-refractivity contribution in [1.29, 1.82) is 0 Å². The highest BCUT2D eigenvalue weighted by Crippen LogP contribution is 2.01. The fraction of sp³-hybridized carbons (Fsp3) is 0.889. The molecule has 1 aliphatic rings. The van der Waals surface area contributed by atoms with E-state index in [1.165, 1.54) is 0 Å². The summed E-state index contributed by atoms with van der Waals surface area (Å²) in [5, 5.41) is 0. The van der Waals surface area contributed by atoms with Crippen molar-refractivity contribution in [1.82, 2.24) is 4.90 Å². The number of hydrogen-bond acceptors (Lipinski definition) is 4. The third kappa shape index (κ3) is 4.18. The van der Waals surface area contributed by atoms with E-state index in [1.807, 2.05) is 6.92 Å². The first-order valence-electron chi connectivity index (χ1n) is 4.70. The summed E-state index contributed by atoms with van der Waals surface area (Å²) in [5.41, 5.74) is 0. The minimum Gasteiger partial charge on any atom is -0.379 e. The minimum atomic E-state index is 0.0975. The van der Waals surface area contributed by atoms with E-state index in [4.69, 9.17) is 4.74 Å². The molecule has 1 aliphatic heterocycles. The van der Waals surface area contributed by atoms with Gasteiger partial charge in [-0.25, -0.2) is 9.79 Å². The highest BCUT2D eigenvalue weighted by Gasteiger charge is 2.10. The molecule has 1 rings (SSSR count). The van der Waals surface area contributed by atoms with Crippen LogP contribution in [0.3, 0.4) is 0 Å². The molecule has 0 N–H and O–H groups in total. The van der Waals surface area contributed by atoms with Crippen LogP contribution in [0.15, 0.2) is 4.99 Å². The number of aliphatic imine (C=N–C) groups is 1. The summed E-state index contributed by atoms with van der Waals surface area (Å²) >= 11 is 0. The number of nitrogens with zero attached hydrogens (tertiary/aromatic N) is 2. The molecule has 74 valence electrons. The van der Waals surface area contributed by atoms with Crippen molar-refractivity contribution in [2.45, 2.75) is 19.4 Å². The van der Waals surface area contributed by atoms with Gasteiger partial charge in [0.1, 0.15) is 0 Å².